The number of nitrogens with one attached hydrogen (secondary N) is 2. The van der Waals surface area contributed by atoms with Gasteiger partial charge in [0, 0.05) is 32.1 Å². The molecule has 0 bridgehead atoms. The molecule has 0 aliphatic carbocycles. The summed E-state index contributed by atoms with van der Waals surface area (Å²) in [5.41, 5.74) is 3.18. The van der Waals surface area contributed by atoms with Crippen LogP contribution < -0.4 is 10.6 Å². The van der Waals surface area contributed by atoms with Gasteiger partial charge in [-0.3, -0.25) is 9.89 Å². The average molecular weight is 417 g/mol. The number of piperidine rings is 1. The standard InChI is InChI=1S/C22H36N6O2/c1-6-19-18(20(7-2)30-27-19)13-25-22(23-5)24-12-17-8-10-28(11-9-17)14-21-26-15(3)16(4)29-21/h17H,6-14H2,1-5H3,(H2,23,24,25). The highest BCUT2D eigenvalue weighted by Gasteiger charge is 2.21. The molecule has 1 saturated heterocycles. The fraction of sp³-hybridized carbons (Fsp3) is 0.682. The summed E-state index contributed by atoms with van der Waals surface area (Å²) in [5.74, 6) is 4.18. The molecule has 0 aromatic carbocycles. The lowest BCUT2D eigenvalue weighted by molar-refractivity contribution is 0.164. The van der Waals surface area contributed by atoms with Crippen LogP contribution >= 0.6 is 0 Å². The second-order valence-electron chi connectivity index (χ2n) is 8.01. The van der Waals surface area contributed by atoms with Crippen LogP contribution in [-0.2, 0) is 25.9 Å². The van der Waals surface area contributed by atoms with Crippen LogP contribution in [0.25, 0.3) is 0 Å². The zero-order chi connectivity index (χ0) is 21.5. The molecule has 3 rings (SSSR count). The van der Waals surface area contributed by atoms with E-state index in [9.17, 15) is 0 Å². The van der Waals surface area contributed by atoms with Crippen molar-refractivity contribution in [2.75, 3.05) is 26.7 Å². The Morgan fingerprint density at radius 3 is 2.53 bits per heavy atom. The van der Waals surface area contributed by atoms with Gasteiger partial charge in [-0.25, -0.2) is 4.98 Å². The highest BCUT2D eigenvalue weighted by atomic mass is 16.5. The zero-order valence-electron chi connectivity index (χ0n) is 19.0. The Bertz CT molecular complexity index is 792. The molecule has 1 fully saturated rings. The lowest BCUT2D eigenvalue weighted by Crippen LogP contribution is -2.42. The number of likely N-dealkylation sites (tertiary alicyclic amines) is 1. The molecule has 0 spiro atoms. The molecule has 2 aromatic rings. The van der Waals surface area contributed by atoms with E-state index >= 15 is 0 Å². The fourth-order valence-corrected chi connectivity index (χ4v) is 3.92. The molecule has 166 valence electrons. The van der Waals surface area contributed by atoms with Crippen LogP contribution in [0, 0.1) is 19.8 Å². The lowest BCUT2D eigenvalue weighted by atomic mass is 9.97. The lowest BCUT2D eigenvalue weighted by Gasteiger charge is -2.31. The number of hydrogen-bond acceptors (Lipinski definition) is 6. The first-order valence-electron chi connectivity index (χ1n) is 11.1. The normalized spacial score (nSPS) is 16.2. The molecule has 1 aliphatic heterocycles. The Morgan fingerprint density at radius 1 is 1.17 bits per heavy atom. The maximum atomic E-state index is 5.73. The number of aryl methyl sites for hydroxylation is 4. The predicted molar refractivity (Wildman–Crippen MR) is 117 cm³/mol. The molecule has 8 heteroatoms. The van der Waals surface area contributed by atoms with Crippen molar-refractivity contribution in [3.8, 4) is 0 Å². The highest BCUT2D eigenvalue weighted by molar-refractivity contribution is 5.79. The third kappa shape index (κ3) is 5.62. The molecular weight excluding hydrogens is 380 g/mol. The minimum Gasteiger partial charge on any atom is -0.444 e. The second kappa shape index (κ2) is 10.6. The van der Waals surface area contributed by atoms with Crippen LogP contribution in [0.4, 0.5) is 0 Å². The van der Waals surface area contributed by atoms with Crippen molar-refractivity contribution in [3.05, 3.63) is 34.4 Å². The van der Waals surface area contributed by atoms with E-state index in [0.717, 1.165) is 92.2 Å². The summed E-state index contributed by atoms with van der Waals surface area (Å²) in [6, 6.07) is 0. The Kier molecular flexibility index (Phi) is 7.90. The first kappa shape index (κ1) is 22.3. The van der Waals surface area contributed by atoms with Gasteiger partial charge in [-0.2, -0.15) is 0 Å². The molecule has 0 amide bonds. The van der Waals surface area contributed by atoms with Gasteiger partial charge in [0.15, 0.2) is 5.96 Å². The van der Waals surface area contributed by atoms with E-state index < -0.39 is 0 Å². The first-order valence-corrected chi connectivity index (χ1v) is 11.1. The predicted octanol–water partition coefficient (Wildman–Crippen LogP) is 2.98. The minimum absolute atomic E-state index is 0.640. The van der Waals surface area contributed by atoms with Crippen molar-refractivity contribution in [2.24, 2.45) is 10.9 Å². The maximum absolute atomic E-state index is 5.73. The van der Waals surface area contributed by atoms with Gasteiger partial charge in [0.2, 0.25) is 5.89 Å². The number of oxazole rings is 1. The smallest absolute Gasteiger partial charge is 0.208 e. The van der Waals surface area contributed by atoms with Crippen molar-refractivity contribution < 1.29 is 8.94 Å². The molecule has 0 unspecified atom stereocenters. The summed E-state index contributed by atoms with van der Waals surface area (Å²) in [6.45, 7) is 12.7. The molecule has 3 heterocycles. The third-order valence-corrected chi connectivity index (χ3v) is 5.96. The van der Waals surface area contributed by atoms with Crippen LogP contribution in [0.5, 0.6) is 0 Å². The van der Waals surface area contributed by atoms with Gasteiger partial charge < -0.3 is 19.6 Å². The quantitative estimate of drug-likeness (QED) is 0.505. The number of aliphatic imine (C=N–C) groups is 1. The fourth-order valence-electron chi connectivity index (χ4n) is 3.92. The summed E-state index contributed by atoms with van der Waals surface area (Å²) in [4.78, 5) is 11.3. The highest BCUT2D eigenvalue weighted by Crippen LogP contribution is 2.19. The van der Waals surface area contributed by atoms with Crippen molar-refractivity contribution in [2.45, 2.75) is 66.5 Å². The van der Waals surface area contributed by atoms with Gasteiger partial charge in [-0.15, -0.1) is 0 Å². The van der Waals surface area contributed by atoms with Crippen molar-refractivity contribution in [3.63, 3.8) is 0 Å². The summed E-state index contributed by atoms with van der Waals surface area (Å²) in [7, 11) is 1.81. The molecule has 2 N–H and O–H groups in total. The van der Waals surface area contributed by atoms with E-state index in [1.807, 2.05) is 20.9 Å². The molecular formula is C22H36N6O2. The summed E-state index contributed by atoms with van der Waals surface area (Å²) in [6.07, 6.45) is 4.04. The summed E-state index contributed by atoms with van der Waals surface area (Å²) in [5, 5.41) is 11.1. The summed E-state index contributed by atoms with van der Waals surface area (Å²) < 4.78 is 11.2. The maximum Gasteiger partial charge on any atom is 0.208 e. The van der Waals surface area contributed by atoms with Gasteiger partial charge in [-0.1, -0.05) is 19.0 Å². The largest absolute Gasteiger partial charge is 0.444 e. The van der Waals surface area contributed by atoms with E-state index in [1.165, 1.54) is 0 Å². The molecule has 2 aromatic heterocycles. The first-order chi connectivity index (χ1) is 14.5. The SMILES string of the molecule is CCc1noc(CC)c1CNC(=NC)NCC1CCN(Cc2nc(C)c(C)o2)CC1. The van der Waals surface area contributed by atoms with E-state index in [4.69, 9.17) is 8.94 Å². The number of nitrogens with zero attached hydrogens (tertiary/aromatic N) is 4. The van der Waals surface area contributed by atoms with Crippen molar-refractivity contribution in [1.29, 1.82) is 0 Å². The van der Waals surface area contributed by atoms with Crippen molar-refractivity contribution in [1.82, 2.24) is 25.7 Å². The van der Waals surface area contributed by atoms with Crippen LogP contribution in [0.3, 0.4) is 0 Å². The van der Waals surface area contributed by atoms with Crippen LogP contribution in [0.15, 0.2) is 13.9 Å². The summed E-state index contributed by atoms with van der Waals surface area (Å²) >= 11 is 0. The Balaban J connectivity index is 1.41. The monoisotopic (exact) mass is 416 g/mol. The third-order valence-electron chi connectivity index (χ3n) is 5.96. The van der Waals surface area contributed by atoms with Crippen LogP contribution in [0.1, 0.15) is 61.1 Å². The topological polar surface area (TPSA) is 91.7 Å². The van der Waals surface area contributed by atoms with Gasteiger partial charge in [0.05, 0.1) is 17.9 Å². The number of hydrogen-bond donors (Lipinski definition) is 2. The van der Waals surface area contributed by atoms with E-state index in [1.54, 1.807) is 0 Å². The molecule has 1 aliphatic rings. The van der Waals surface area contributed by atoms with Gasteiger partial charge in [0.1, 0.15) is 11.5 Å². The van der Waals surface area contributed by atoms with Crippen LogP contribution in [-0.4, -0.2) is 47.7 Å². The Hall–Kier alpha value is -2.35. The number of rotatable bonds is 8. The Morgan fingerprint density at radius 2 is 1.93 bits per heavy atom. The Labute approximate surface area is 179 Å². The van der Waals surface area contributed by atoms with E-state index in [2.05, 4.69) is 44.5 Å². The van der Waals surface area contributed by atoms with Gasteiger partial charge in [-0.05, 0) is 52.1 Å². The number of guanidine groups is 1. The van der Waals surface area contributed by atoms with Crippen LogP contribution in [0.2, 0.25) is 0 Å². The van der Waals surface area contributed by atoms with E-state index in [0.29, 0.717) is 12.5 Å². The zero-order valence-corrected chi connectivity index (χ0v) is 19.0. The molecule has 0 atom stereocenters. The van der Waals surface area contributed by atoms with E-state index in [-0.39, 0.29) is 0 Å². The average Bonchev–Trinajstić information content (AvgIpc) is 3.30. The van der Waals surface area contributed by atoms with Crippen molar-refractivity contribution >= 4 is 5.96 Å². The van der Waals surface area contributed by atoms with Gasteiger partial charge in [0.25, 0.3) is 0 Å². The molecule has 0 radical (unpaired) electrons. The second-order valence-corrected chi connectivity index (χ2v) is 8.01. The molecule has 0 saturated carbocycles. The minimum atomic E-state index is 0.640. The molecule has 30 heavy (non-hydrogen) atoms. The number of aromatic nitrogens is 2. The molecule has 8 nitrogen and oxygen atoms in total. The van der Waals surface area contributed by atoms with Gasteiger partial charge >= 0.3 is 0 Å².